The SMILES string of the molecule is O=C(Nc1ccnn1C1CCCCC1)C1CCN(c2ccc3nnc(C(F)(F)F)n3n2)CC1. The maximum absolute atomic E-state index is 13.1. The molecule has 2 aliphatic rings. The molecule has 1 saturated heterocycles. The normalized spacial score (nSPS) is 18.7. The van der Waals surface area contributed by atoms with Crippen LogP contribution in [-0.4, -0.2) is 48.6 Å². The van der Waals surface area contributed by atoms with E-state index in [4.69, 9.17) is 0 Å². The number of alkyl halides is 3. The molecule has 9 nitrogen and oxygen atoms in total. The Balaban J connectivity index is 1.23. The number of carbonyl (C=O) groups excluding carboxylic acids is 1. The Kier molecular flexibility index (Phi) is 5.67. The van der Waals surface area contributed by atoms with E-state index in [1.165, 1.54) is 25.3 Å². The largest absolute Gasteiger partial charge is 0.453 e. The summed E-state index contributed by atoms with van der Waals surface area (Å²) in [5.41, 5.74) is 0.0370. The molecule has 1 aliphatic heterocycles. The molecule has 5 rings (SSSR count). The number of nitrogens with one attached hydrogen (secondary N) is 1. The van der Waals surface area contributed by atoms with Crippen LogP contribution >= 0.6 is 0 Å². The highest BCUT2D eigenvalue weighted by molar-refractivity contribution is 5.92. The summed E-state index contributed by atoms with van der Waals surface area (Å²) in [6.45, 7) is 1.03. The van der Waals surface area contributed by atoms with E-state index in [2.05, 4.69) is 25.7 Å². The van der Waals surface area contributed by atoms with Crippen molar-refractivity contribution in [2.45, 2.75) is 57.2 Å². The van der Waals surface area contributed by atoms with Gasteiger partial charge in [0.05, 0.1) is 12.2 Å². The summed E-state index contributed by atoms with van der Waals surface area (Å²) in [6.07, 6.45) is 3.98. The van der Waals surface area contributed by atoms with Crippen molar-refractivity contribution in [1.29, 1.82) is 0 Å². The van der Waals surface area contributed by atoms with Crippen LogP contribution in [0.2, 0.25) is 0 Å². The summed E-state index contributed by atoms with van der Waals surface area (Å²) in [5, 5.41) is 18.3. The minimum absolute atomic E-state index is 0.0370. The van der Waals surface area contributed by atoms with Gasteiger partial charge in [0, 0.05) is 25.1 Å². The molecule has 0 radical (unpaired) electrons. The lowest BCUT2D eigenvalue weighted by atomic mass is 9.95. The summed E-state index contributed by atoms with van der Waals surface area (Å²) in [5.74, 6) is -0.243. The highest BCUT2D eigenvalue weighted by Crippen LogP contribution is 2.31. The van der Waals surface area contributed by atoms with Crippen molar-refractivity contribution in [3.05, 3.63) is 30.2 Å². The number of amides is 1. The lowest BCUT2D eigenvalue weighted by Gasteiger charge is -2.32. The molecular formula is C21H25F3N8O. The van der Waals surface area contributed by atoms with Crippen molar-refractivity contribution in [1.82, 2.24) is 29.6 Å². The monoisotopic (exact) mass is 462 g/mol. The minimum Gasteiger partial charge on any atom is -0.355 e. The van der Waals surface area contributed by atoms with Crippen LogP contribution in [0.15, 0.2) is 24.4 Å². The van der Waals surface area contributed by atoms with E-state index in [1.54, 1.807) is 12.3 Å². The minimum atomic E-state index is -4.64. The molecule has 176 valence electrons. The third-order valence-corrected chi connectivity index (χ3v) is 6.53. The van der Waals surface area contributed by atoms with Gasteiger partial charge in [0.15, 0.2) is 5.65 Å². The van der Waals surface area contributed by atoms with Crippen LogP contribution in [0.25, 0.3) is 5.65 Å². The molecule has 12 heteroatoms. The predicted octanol–water partition coefficient (Wildman–Crippen LogP) is 3.70. The van der Waals surface area contributed by atoms with Crippen molar-refractivity contribution in [2.24, 2.45) is 5.92 Å². The molecule has 1 N–H and O–H groups in total. The fourth-order valence-corrected chi connectivity index (χ4v) is 4.75. The third-order valence-electron chi connectivity index (χ3n) is 6.53. The Bertz CT molecular complexity index is 1130. The van der Waals surface area contributed by atoms with E-state index in [9.17, 15) is 18.0 Å². The van der Waals surface area contributed by atoms with E-state index in [0.29, 0.717) is 37.8 Å². The van der Waals surface area contributed by atoms with Gasteiger partial charge in [-0.3, -0.25) is 4.79 Å². The molecule has 33 heavy (non-hydrogen) atoms. The van der Waals surface area contributed by atoms with Crippen LogP contribution in [0.1, 0.15) is 56.8 Å². The topological polar surface area (TPSA) is 93.2 Å². The van der Waals surface area contributed by atoms with E-state index < -0.39 is 12.0 Å². The van der Waals surface area contributed by atoms with Gasteiger partial charge in [-0.1, -0.05) is 19.3 Å². The summed E-state index contributed by atoms with van der Waals surface area (Å²) in [4.78, 5) is 14.8. The second-order valence-corrected chi connectivity index (χ2v) is 8.69. The zero-order valence-electron chi connectivity index (χ0n) is 18.0. The molecule has 3 aromatic heterocycles. The van der Waals surface area contributed by atoms with Gasteiger partial charge in [-0.15, -0.1) is 15.3 Å². The maximum Gasteiger partial charge on any atom is 0.453 e. The number of hydrogen-bond acceptors (Lipinski definition) is 6. The molecule has 2 fully saturated rings. The number of hydrogen-bond donors (Lipinski definition) is 1. The molecule has 0 aromatic carbocycles. The van der Waals surface area contributed by atoms with Crippen LogP contribution in [-0.2, 0) is 11.0 Å². The molecule has 4 heterocycles. The number of fused-ring (bicyclic) bond motifs is 1. The van der Waals surface area contributed by atoms with Gasteiger partial charge in [-0.2, -0.15) is 22.8 Å². The molecule has 0 unspecified atom stereocenters. The molecule has 1 aliphatic carbocycles. The lowest BCUT2D eigenvalue weighted by Crippen LogP contribution is -2.39. The Labute approximate surface area is 188 Å². The number of aromatic nitrogens is 6. The number of halogens is 3. The molecule has 3 aromatic rings. The van der Waals surface area contributed by atoms with E-state index >= 15 is 0 Å². The molecule has 0 spiro atoms. The van der Waals surface area contributed by atoms with Gasteiger partial charge in [0.25, 0.3) is 5.82 Å². The van der Waals surface area contributed by atoms with Crippen molar-refractivity contribution in [3.8, 4) is 0 Å². The van der Waals surface area contributed by atoms with Crippen LogP contribution < -0.4 is 10.2 Å². The average molecular weight is 462 g/mol. The van der Waals surface area contributed by atoms with Crippen molar-refractivity contribution in [3.63, 3.8) is 0 Å². The summed E-state index contributed by atoms with van der Waals surface area (Å²) < 4.78 is 42.1. The van der Waals surface area contributed by atoms with Crippen LogP contribution in [0.3, 0.4) is 0 Å². The predicted molar refractivity (Wildman–Crippen MR) is 114 cm³/mol. The number of anilines is 2. The Hall–Kier alpha value is -3.18. The fraction of sp³-hybridized carbons (Fsp3) is 0.571. The smallest absolute Gasteiger partial charge is 0.355 e. The van der Waals surface area contributed by atoms with Gasteiger partial charge >= 0.3 is 6.18 Å². The molecule has 0 bridgehead atoms. The van der Waals surface area contributed by atoms with E-state index in [1.807, 2.05) is 15.6 Å². The molecule has 0 atom stereocenters. The summed E-state index contributed by atoms with van der Waals surface area (Å²) in [6, 6.07) is 5.26. The first-order valence-electron chi connectivity index (χ1n) is 11.3. The van der Waals surface area contributed by atoms with Crippen molar-refractivity contribution >= 4 is 23.2 Å². The first-order valence-corrected chi connectivity index (χ1v) is 11.3. The maximum atomic E-state index is 13.1. The average Bonchev–Trinajstić information content (AvgIpc) is 3.46. The zero-order valence-corrected chi connectivity index (χ0v) is 18.0. The fourth-order valence-electron chi connectivity index (χ4n) is 4.75. The van der Waals surface area contributed by atoms with Gasteiger partial charge in [-0.25, -0.2) is 4.68 Å². The molecule has 1 amide bonds. The molecular weight excluding hydrogens is 437 g/mol. The number of piperidine rings is 1. The van der Waals surface area contributed by atoms with Crippen LogP contribution in [0.4, 0.5) is 24.8 Å². The highest BCUT2D eigenvalue weighted by atomic mass is 19.4. The quantitative estimate of drug-likeness (QED) is 0.636. The van der Waals surface area contributed by atoms with E-state index in [0.717, 1.165) is 23.2 Å². The second kappa shape index (κ2) is 8.64. The third kappa shape index (κ3) is 4.38. The van der Waals surface area contributed by atoms with Gasteiger partial charge in [0.1, 0.15) is 11.6 Å². The number of rotatable bonds is 4. The van der Waals surface area contributed by atoms with Crippen LogP contribution in [0.5, 0.6) is 0 Å². The number of carbonyl (C=O) groups is 1. The van der Waals surface area contributed by atoms with E-state index in [-0.39, 0.29) is 17.5 Å². The Morgan fingerprint density at radius 3 is 2.48 bits per heavy atom. The standard InChI is InChI=1S/C21H25F3N8O/c22-21(23,24)20-28-27-17-6-7-18(29-32(17)20)30-12-9-14(10-13-30)19(33)26-16-8-11-25-31(16)15-4-2-1-3-5-15/h6-8,11,14-15H,1-5,9-10,12-13H2,(H,26,33). The summed E-state index contributed by atoms with van der Waals surface area (Å²) >= 11 is 0. The van der Waals surface area contributed by atoms with Crippen molar-refractivity contribution in [2.75, 3.05) is 23.3 Å². The Morgan fingerprint density at radius 2 is 1.76 bits per heavy atom. The van der Waals surface area contributed by atoms with Gasteiger partial charge < -0.3 is 10.2 Å². The highest BCUT2D eigenvalue weighted by Gasteiger charge is 2.38. The van der Waals surface area contributed by atoms with Crippen LogP contribution in [0, 0.1) is 5.92 Å². The van der Waals surface area contributed by atoms with Gasteiger partial charge in [-0.05, 0) is 37.8 Å². The number of nitrogens with zero attached hydrogens (tertiary/aromatic N) is 7. The molecule has 1 saturated carbocycles. The first-order chi connectivity index (χ1) is 15.9. The Morgan fingerprint density at radius 1 is 1.00 bits per heavy atom. The zero-order chi connectivity index (χ0) is 23.0. The van der Waals surface area contributed by atoms with Crippen molar-refractivity contribution < 1.29 is 18.0 Å². The second-order valence-electron chi connectivity index (χ2n) is 8.69. The van der Waals surface area contributed by atoms with Gasteiger partial charge in [0.2, 0.25) is 5.91 Å². The lowest BCUT2D eigenvalue weighted by molar-refractivity contribution is -0.146. The summed E-state index contributed by atoms with van der Waals surface area (Å²) in [7, 11) is 0. The first kappa shape index (κ1) is 21.7.